The van der Waals surface area contributed by atoms with Crippen molar-refractivity contribution in [3.8, 4) is 22.8 Å². The largest absolute Gasteiger partial charge is 0.484 e. The first-order valence-corrected chi connectivity index (χ1v) is 12.2. The first-order chi connectivity index (χ1) is 18.0. The van der Waals surface area contributed by atoms with Crippen LogP contribution in [0.2, 0.25) is 0 Å². The maximum absolute atomic E-state index is 14.4. The van der Waals surface area contributed by atoms with Gasteiger partial charge in [-0.1, -0.05) is 18.2 Å². The van der Waals surface area contributed by atoms with Gasteiger partial charge in [0.2, 0.25) is 0 Å². The molecule has 38 heavy (non-hydrogen) atoms. The minimum Gasteiger partial charge on any atom is -0.484 e. The zero-order chi connectivity index (χ0) is 27.4. The van der Waals surface area contributed by atoms with Crippen LogP contribution in [0.5, 0.6) is 11.5 Å². The van der Waals surface area contributed by atoms with E-state index in [1.165, 1.54) is 36.4 Å². The third kappa shape index (κ3) is 6.63. The smallest absolute Gasteiger partial charge is 0.422 e. The lowest BCUT2D eigenvalue weighted by atomic mass is 10.0. The van der Waals surface area contributed by atoms with Crippen LogP contribution in [0.4, 0.5) is 22.0 Å². The molecule has 0 fully saturated rings. The van der Waals surface area contributed by atoms with Crippen molar-refractivity contribution in [2.75, 3.05) is 6.61 Å². The van der Waals surface area contributed by atoms with E-state index in [-0.39, 0.29) is 42.1 Å². The number of ether oxygens (including phenoxy) is 2. The molecule has 0 saturated carbocycles. The Labute approximate surface area is 221 Å². The minimum atomic E-state index is -4.50. The van der Waals surface area contributed by atoms with Crippen LogP contribution in [-0.4, -0.2) is 30.0 Å². The summed E-state index contributed by atoms with van der Waals surface area (Å²) in [6.45, 7) is -1.44. The van der Waals surface area contributed by atoms with Crippen molar-refractivity contribution >= 4 is 32.9 Å². The van der Waals surface area contributed by atoms with Crippen LogP contribution in [-0.2, 0) is 11.2 Å². The molecule has 0 spiro atoms. The van der Waals surface area contributed by atoms with Gasteiger partial charge in [0.15, 0.2) is 12.7 Å². The Morgan fingerprint density at radius 1 is 1.00 bits per heavy atom. The monoisotopic (exact) mass is 598 g/mol. The van der Waals surface area contributed by atoms with E-state index in [9.17, 15) is 31.9 Å². The van der Waals surface area contributed by atoms with Crippen LogP contribution < -0.4 is 9.47 Å². The van der Waals surface area contributed by atoms with E-state index in [0.717, 1.165) is 12.1 Å². The number of alkyl halides is 3. The van der Waals surface area contributed by atoms with Crippen molar-refractivity contribution in [2.45, 2.75) is 31.5 Å². The number of hydrogen-bond donors (Lipinski definition) is 1. The van der Waals surface area contributed by atoms with E-state index in [2.05, 4.69) is 15.9 Å². The summed E-state index contributed by atoms with van der Waals surface area (Å²) >= 11 is 3.40. The second-order valence-corrected chi connectivity index (χ2v) is 9.17. The van der Waals surface area contributed by atoms with Crippen molar-refractivity contribution in [3.05, 3.63) is 82.3 Å². The maximum atomic E-state index is 14.4. The van der Waals surface area contributed by atoms with Crippen molar-refractivity contribution in [1.82, 2.24) is 0 Å². The Hall–Kier alpha value is -3.60. The molecular formula is C27H20BrF5O5. The van der Waals surface area contributed by atoms with Crippen LogP contribution >= 0.6 is 15.9 Å². The fourth-order valence-corrected chi connectivity index (χ4v) is 4.58. The van der Waals surface area contributed by atoms with Crippen LogP contribution in [0.25, 0.3) is 22.3 Å². The molecule has 0 saturated heterocycles. The second-order valence-electron chi connectivity index (χ2n) is 8.38. The molecule has 0 radical (unpaired) electrons. The molecular weight excluding hydrogens is 579 g/mol. The number of aryl methyl sites for hydroxylation is 1. The minimum absolute atomic E-state index is 0.0266. The number of rotatable bonds is 10. The number of halogens is 6. The molecule has 0 amide bonds. The number of benzene rings is 3. The van der Waals surface area contributed by atoms with E-state index in [0.29, 0.717) is 21.0 Å². The van der Waals surface area contributed by atoms with Crippen molar-refractivity contribution < 1.29 is 45.7 Å². The van der Waals surface area contributed by atoms with Crippen molar-refractivity contribution in [1.29, 1.82) is 0 Å². The average molecular weight is 599 g/mol. The van der Waals surface area contributed by atoms with Gasteiger partial charge in [-0.15, -0.1) is 0 Å². The lowest BCUT2D eigenvalue weighted by Gasteiger charge is -2.17. The molecule has 1 aromatic heterocycles. The number of furan rings is 1. The number of para-hydroxylation sites is 1. The predicted molar refractivity (Wildman–Crippen MR) is 132 cm³/mol. The van der Waals surface area contributed by atoms with Gasteiger partial charge in [-0.25, -0.2) is 13.6 Å². The van der Waals surface area contributed by atoms with Gasteiger partial charge in [-0.05, 0) is 71.1 Å². The summed E-state index contributed by atoms with van der Waals surface area (Å²) in [6.07, 6.45) is -5.46. The van der Waals surface area contributed by atoms with Crippen molar-refractivity contribution in [3.63, 3.8) is 0 Å². The van der Waals surface area contributed by atoms with Gasteiger partial charge in [0, 0.05) is 17.7 Å². The highest BCUT2D eigenvalue weighted by molar-refractivity contribution is 9.10. The number of fused-ring (bicyclic) bond motifs is 1. The number of hydrogen-bond acceptors (Lipinski definition) is 4. The summed E-state index contributed by atoms with van der Waals surface area (Å²) < 4.78 is 82.1. The highest BCUT2D eigenvalue weighted by Crippen LogP contribution is 2.43. The Morgan fingerprint density at radius 3 is 2.39 bits per heavy atom. The summed E-state index contributed by atoms with van der Waals surface area (Å²) in [4.78, 5) is 12.0. The molecule has 200 valence electrons. The zero-order valence-corrected chi connectivity index (χ0v) is 21.1. The van der Waals surface area contributed by atoms with Gasteiger partial charge >= 0.3 is 12.1 Å². The fourth-order valence-electron chi connectivity index (χ4n) is 3.88. The molecule has 4 aromatic rings. The highest BCUT2D eigenvalue weighted by Gasteiger charge is 2.29. The molecule has 3 aromatic carbocycles. The first-order valence-electron chi connectivity index (χ1n) is 11.4. The predicted octanol–water partition coefficient (Wildman–Crippen LogP) is 7.94. The number of carboxylic acids is 1. The van der Waals surface area contributed by atoms with Gasteiger partial charge in [-0.3, -0.25) is 0 Å². The third-order valence-corrected chi connectivity index (χ3v) is 6.35. The van der Waals surface area contributed by atoms with E-state index < -0.39 is 36.5 Å². The SMILES string of the molecule is O=C(O)[C@@H](CCCc1ccccc1OCC(F)(F)F)Oc1cc(F)cc2oc(-c3ccc(F)cc3)c(Br)c12. The molecule has 1 N–H and O–H groups in total. The van der Waals surface area contributed by atoms with Crippen LogP contribution in [0.15, 0.2) is 69.6 Å². The van der Waals surface area contributed by atoms with Crippen LogP contribution in [0.3, 0.4) is 0 Å². The van der Waals surface area contributed by atoms with E-state index >= 15 is 0 Å². The van der Waals surface area contributed by atoms with Gasteiger partial charge in [-0.2, -0.15) is 13.2 Å². The maximum Gasteiger partial charge on any atom is 0.422 e. The topological polar surface area (TPSA) is 68.9 Å². The normalized spacial score (nSPS) is 12.5. The number of aliphatic carboxylic acids is 1. The van der Waals surface area contributed by atoms with Gasteiger partial charge in [0.25, 0.3) is 0 Å². The Bertz CT molecular complexity index is 1430. The molecule has 0 bridgehead atoms. The summed E-state index contributed by atoms with van der Waals surface area (Å²) in [5.74, 6) is -2.22. The fraction of sp³-hybridized carbons (Fsp3) is 0.222. The lowest BCUT2D eigenvalue weighted by Crippen LogP contribution is -2.27. The highest BCUT2D eigenvalue weighted by atomic mass is 79.9. The molecule has 4 rings (SSSR count). The molecule has 5 nitrogen and oxygen atoms in total. The number of carbonyl (C=O) groups is 1. The summed E-state index contributed by atoms with van der Waals surface area (Å²) in [5.41, 5.74) is 1.07. The zero-order valence-electron chi connectivity index (χ0n) is 19.5. The van der Waals surface area contributed by atoms with Crippen LogP contribution in [0.1, 0.15) is 18.4 Å². The van der Waals surface area contributed by atoms with E-state index in [1.807, 2.05) is 0 Å². The summed E-state index contributed by atoms with van der Waals surface area (Å²) in [5, 5.41) is 10.0. The van der Waals surface area contributed by atoms with E-state index in [4.69, 9.17) is 13.9 Å². The van der Waals surface area contributed by atoms with Crippen molar-refractivity contribution in [2.24, 2.45) is 0 Å². The standard InChI is InChI=1S/C27H20BrF5O5/c28-24-23-21(12-18(30)13-22(23)38-25(24)16-8-10-17(29)11-9-16)37-20(26(34)35)7-3-5-15-4-1-2-6-19(15)36-14-27(31,32)33/h1-2,4,6,8-13,20H,3,5,7,14H2,(H,34,35)/t20-/m1/s1. The third-order valence-electron chi connectivity index (χ3n) is 5.59. The summed E-state index contributed by atoms with van der Waals surface area (Å²) in [7, 11) is 0. The quantitative estimate of drug-likeness (QED) is 0.188. The molecule has 0 aliphatic rings. The molecule has 0 aliphatic carbocycles. The Morgan fingerprint density at radius 2 is 1.71 bits per heavy atom. The van der Waals surface area contributed by atoms with Gasteiger partial charge < -0.3 is 19.0 Å². The second kappa shape index (κ2) is 11.4. The average Bonchev–Trinajstić information content (AvgIpc) is 3.18. The molecule has 1 atom stereocenters. The van der Waals surface area contributed by atoms with Gasteiger partial charge in [0.1, 0.15) is 34.5 Å². The Balaban J connectivity index is 1.53. The summed E-state index contributed by atoms with van der Waals surface area (Å²) in [6, 6.07) is 13.8. The Kier molecular flexibility index (Phi) is 8.25. The molecule has 0 aliphatic heterocycles. The molecule has 11 heteroatoms. The lowest BCUT2D eigenvalue weighted by molar-refractivity contribution is -0.153. The first kappa shape index (κ1) is 27.4. The molecule has 1 heterocycles. The van der Waals surface area contributed by atoms with Gasteiger partial charge in [0.05, 0.1) is 9.86 Å². The number of carboxylic acid groups (broad SMARTS) is 1. The molecule has 0 unspecified atom stereocenters. The van der Waals surface area contributed by atoms with Crippen LogP contribution in [0, 0.1) is 11.6 Å². The van der Waals surface area contributed by atoms with E-state index in [1.54, 1.807) is 12.1 Å².